The van der Waals surface area contributed by atoms with Gasteiger partial charge >= 0.3 is 0 Å². The van der Waals surface area contributed by atoms with E-state index in [1.54, 1.807) is 37.6 Å². The molecule has 0 bridgehead atoms. The molecular formula is C20H17BrN2O4. The predicted octanol–water partition coefficient (Wildman–Crippen LogP) is 3.59. The van der Waals surface area contributed by atoms with Crippen LogP contribution >= 0.6 is 15.9 Å². The summed E-state index contributed by atoms with van der Waals surface area (Å²) in [4.78, 5) is 25.9. The molecule has 2 aromatic carbocycles. The van der Waals surface area contributed by atoms with Crippen molar-refractivity contribution < 1.29 is 14.3 Å². The molecule has 1 aromatic heterocycles. The lowest BCUT2D eigenvalue weighted by molar-refractivity contribution is 0.102. The van der Waals surface area contributed by atoms with Crippen molar-refractivity contribution in [2.24, 2.45) is 0 Å². The van der Waals surface area contributed by atoms with Crippen LogP contribution in [0.5, 0.6) is 11.5 Å². The van der Waals surface area contributed by atoms with Crippen molar-refractivity contribution in [2.75, 3.05) is 19.5 Å². The maximum absolute atomic E-state index is 13.0. The van der Waals surface area contributed by atoms with E-state index in [-0.39, 0.29) is 11.0 Å². The van der Waals surface area contributed by atoms with Crippen LogP contribution in [0.15, 0.2) is 45.8 Å². The second kappa shape index (κ2) is 6.74. The number of carbonyl (C=O) groups is 1. The van der Waals surface area contributed by atoms with Crippen molar-refractivity contribution in [3.63, 3.8) is 0 Å². The molecule has 2 heterocycles. The molecule has 0 saturated carbocycles. The van der Waals surface area contributed by atoms with Gasteiger partial charge in [0.05, 0.1) is 25.4 Å². The van der Waals surface area contributed by atoms with Gasteiger partial charge in [0.2, 0.25) is 5.43 Å². The molecule has 7 heteroatoms. The Morgan fingerprint density at radius 1 is 1.19 bits per heavy atom. The van der Waals surface area contributed by atoms with Gasteiger partial charge < -0.3 is 19.4 Å². The van der Waals surface area contributed by atoms with Gasteiger partial charge in [0.1, 0.15) is 17.1 Å². The van der Waals surface area contributed by atoms with Crippen molar-refractivity contribution in [1.82, 2.24) is 4.57 Å². The van der Waals surface area contributed by atoms with Gasteiger partial charge in [-0.1, -0.05) is 15.9 Å². The third kappa shape index (κ3) is 2.98. The Hall–Kier alpha value is -2.80. The summed E-state index contributed by atoms with van der Waals surface area (Å²) < 4.78 is 13.3. The zero-order valence-corrected chi connectivity index (χ0v) is 16.4. The zero-order valence-electron chi connectivity index (χ0n) is 14.8. The number of amides is 1. The number of anilines is 1. The Balaban J connectivity index is 1.79. The highest BCUT2D eigenvalue weighted by molar-refractivity contribution is 9.10. The fraction of sp³-hybridized carbons (Fsp3) is 0.200. The van der Waals surface area contributed by atoms with Crippen LogP contribution in [-0.4, -0.2) is 24.7 Å². The fourth-order valence-electron chi connectivity index (χ4n) is 3.46. The van der Waals surface area contributed by atoms with E-state index in [0.29, 0.717) is 22.6 Å². The maximum Gasteiger partial charge on any atom is 0.261 e. The number of pyridine rings is 1. The molecule has 0 fully saturated rings. The molecule has 1 amide bonds. The summed E-state index contributed by atoms with van der Waals surface area (Å²) in [6.07, 6.45) is 2.47. The molecule has 0 spiro atoms. The van der Waals surface area contributed by atoms with Crippen LogP contribution in [0.3, 0.4) is 0 Å². The normalized spacial score (nSPS) is 12.3. The number of carbonyl (C=O) groups excluding carboxylic acids is 1. The van der Waals surface area contributed by atoms with E-state index in [9.17, 15) is 9.59 Å². The molecule has 1 aliphatic heterocycles. The van der Waals surface area contributed by atoms with Crippen molar-refractivity contribution in [2.45, 2.75) is 13.0 Å². The summed E-state index contributed by atoms with van der Waals surface area (Å²) >= 11 is 3.45. The first-order valence-corrected chi connectivity index (χ1v) is 9.20. The third-order valence-corrected chi connectivity index (χ3v) is 5.19. The summed E-state index contributed by atoms with van der Waals surface area (Å²) in [5, 5.41) is 3.32. The Bertz CT molecular complexity index is 1140. The molecule has 0 radical (unpaired) electrons. The largest absolute Gasteiger partial charge is 0.497 e. The van der Waals surface area contributed by atoms with Crippen LogP contribution in [0.2, 0.25) is 0 Å². The number of methoxy groups -OCH3 is 2. The Morgan fingerprint density at radius 3 is 2.74 bits per heavy atom. The van der Waals surface area contributed by atoms with E-state index in [4.69, 9.17) is 9.47 Å². The van der Waals surface area contributed by atoms with Crippen molar-refractivity contribution in [1.29, 1.82) is 0 Å². The topological polar surface area (TPSA) is 69.6 Å². The molecular weight excluding hydrogens is 412 g/mol. The van der Waals surface area contributed by atoms with Gasteiger partial charge in [-0.05, 0) is 36.2 Å². The smallest absolute Gasteiger partial charge is 0.261 e. The minimum absolute atomic E-state index is 0.0957. The van der Waals surface area contributed by atoms with Crippen molar-refractivity contribution in [3.8, 4) is 11.5 Å². The first kappa shape index (κ1) is 17.6. The van der Waals surface area contributed by atoms with Crippen LogP contribution in [-0.2, 0) is 13.0 Å². The lowest BCUT2D eigenvalue weighted by atomic mass is 10.1. The molecule has 6 nitrogen and oxygen atoms in total. The molecule has 0 aliphatic carbocycles. The molecule has 0 unspecified atom stereocenters. The molecule has 4 rings (SSSR count). The first-order valence-electron chi connectivity index (χ1n) is 8.40. The molecule has 0 saturated heterocycles. The van der Waals surface area contributed by atoms with E-state index in [1.165, 1.54) is 7.11 Å². The van der Waals surface area contributed by atoms with Crippen LogP contribution in [0, 0.1) is 0 Å². The summed E-state index contributed by atoms with van der Waals surface area (Å²) in [5.41, 5.74) is 2.26. The molecule has 27 heavy (non-hydrogen) atoms. The van der Waals surface area contributed by atoms with Gasteiger partial charge in [-0.15, -0.1) is 0 Å². The van der Waals surface area contributed by atoms with E-state index in [2.05, 4.69) is 21.2 Å². The molecule has 138 valence electrons. The van der Waals surface area contributed by atoms with E-state index < -0.39 is 5.91 Å². The van der Waals surface area contributed by atoms with Crippen LogP contribution in [0.4, 0.5) is 5.69 Å². The van der Waals surface area contributed by atoms with E-state index in [0.717, 1.165) is 28.5 Å². The summed E-state index contributed by atoms with van der Waals surface area (Å²) in [5.74, 6) is 0.582. The Labute approximate surface area is 163 Å². The second-order valence-corrected chi connectivity index (χ2v) is 7.21. The Kier molecular flexibility index (Phi) is 4.39. The van der Waals surface area contributed by atoms with Gasteiger partial charge in [0.25, 0.3) is 5.91 Å². The number of ether oxygens (including phenoxy) is 2. The fourth-order valence-corrected chi connectivity index (χ4v) is 3.97. The molecule has 1 aliphatic rings. The molecule has 3 aromatic rings. The van der Waals surface area contributed by atoms with Gasteiger partial charge in [-0.25, -0.2) is 0 Å². The molecule has 1 N–H and O–H groups in total. The predicted molar refractivity (Wildman–Crippen MR) is 107 cm³/mol. The van der Waals surface area contributed by atoms with Crippen molar-refractivity contribution >= 4 is 38.4 Å². The number of halogens is 1. The van der Waals surface area contributed by atoms with Crippen LogP contribution < -0.4 is 20.2 Å². The zero-order chi connectivity index (χ0) is 19.1. The van der Waals surface area contributed by atoms with Crippen LogP contribution in [0.25, 0.3) is 10.9 Å². The second-order valence-electron chi connectivity index (χ2n) is 6.30. The minimum atomic E-state index is -0.481. The monoisotopic (exact) mass is 428 g/mol. The average Bonchev–Trinajstić information content (AvgIpc) is 3.07. The summed E-state index contributed by atoms with van der Waals surface area (Å²) in [6.45, 7) is 0.741. The minimum Gasteiger partial charge on any atom is -0.497 e. The quantitative estimate of drug-likeness (QED) is 0.689. The van der Waals surface area contributed by atoms with Crippen molar-refractivity contribution in [3.05, 3.63) is 62.4 Å². The summed E-state index contributed by atoms with van der Waals surface area (Å²) in [6, 6.07) is 8.88. The van der Waals surface area contributed by atoms with Gasteiger partial charge in [-0.2, -0.15) is 0 Å². The highest BCUT2D eigenvalue weighted by Gasteiger charge is 2.22. The average molecular weight is 429 g/mol. The standard InChI is InChI=1S/C20H17BrN2O4/c1-26-13-3-4-17(27-2)16(9-13)22-20(25)15-10-23-6-5-11-7-12(21)8-14(18(11)23)19(15)24/h3-4,7-10H,5-6H2,1-2H3,(H,22,25). The van der Waals surface area contributed by atoms with E-state index in [1.807, 2.05) is 10.6 Å². The lowest BCUT2D eigenvalue weighted by Crippen LogP contribution is -2.23. The summed E-state index contributed by atoms with van der Waals surface area (Å²) in [7, 11) is 3.06. The number of hydrogen-bond donors (Lipinski definition) is 1. The number of benzene rings is 2. The number of hydrogen-bond acceptors (Lipinski definition) is 4. The van der Waals surface area contributed by atoms with Gasteiger partial charge in [0.15, 0.2) is 0 Å². The van der Waals surface area contributed by atoms with E-state index >= 15 is 0 Å². The Morgan fingerprint density at radius 2 is 2.00 bits per heavy atom. The highest BCUT2D eigenvalue weighted by Crippen LogP contribution is 2.30. The van der Waals surface area contributed by atoms with Gasteiger partial charge in [0, 0.05) is 28.7 Å². The maximum atomic E-state index is 13.0. The number of nitrogens with zero attached hydrogens (tertiary/aromatic N) is 1. The highest BCUT2D eigenvalue weighted by atomic mass is 79.9. The number of aromatic nitrogens is 1. The lowest BCUT2D eigenvalue weighted by Gasteiger charge is -2.13. The van der Waals surface area contributed by atoms with Crippen LogP contribution in [0.1, 0.15) is 15.9 Å². The number of rotatable bonds is 4. The first-order chi connectivity index (χ1) is 13.0. The van der Waals surface area contributed by atoms with Gasteiger partial charge in [-0.3, -0.25) is 9.59 Å². The molecule has 0 atom stereocenters. The third-order valence-electron chi connectivity index (χ3n) is 4.74. The number of nitrogens with one attached hydrogen (secondary N) is 1. The SMILES string of the molecule is COc1ccc(OC)c(NC(=O)c2cn3c4c(cc(Br)cc4c2=O)CC3)c1. The number of aryl methyl sites for hydroxylation is 2.